The fourth-order valence-electron chi connectivity index (χ4n) is 3.55. The maximum absolute atomic E-state index is 13.1. The summed E-state index contributed by atoms with van der Waals surface area (Å²) in [5.41, 5.74) is -3.51. The first kappa shape index (κ1) is 20.6. The summed E-state index contributed by atoms with van der Waals surface area (Å²) in [5, 5.41) is 0.723. The quantitative estimate of drug-likeness (QED) is 0.306. The van der Waals surface area contributed by atoms with E-state index in [-0.39, 0.29) is 22.4 Å². The SMILES string of the molecule is COc1ccc2c(c1)Cc1c-2c(Cl)c2ccc(OC)cc2c1OS(=O)(=O)C(F)(F)F. The lowest BCUT2D eigenvalue weighted by Gasteiger charge is -2.17. The molecule has 0 spiro atoms. The highest BCUT2D eigenvalue weighted by atomic mass is 35.5. The number of fused-ring (bicyclic) bond motifs is 4. The molecule has 1 aliphatic rings. The number of benzene rings is 3. The largest absolute Gasteiger partial charge is 0.534 e. The molecular formula is C20H14ClF3O5S. The second-order valence-electron chi connectivity index (χ2n) is 6.59. The summed E-state index contributed by atoms with van der Waals surface area (Å²) >= 11 is 6.62. The van der Waals surface area contributed by atoms with Crippen LogP contribution in [0.25, 0.3) is 21.9 Å². The van der Waals surface area contributed by atoms with Gasteiger partial charge in [0.2, 0.25) is 0 Å². The molecule has 0 atom stereocenters. The molecule has 0 aromatic heterocycles. The summed E-state index contributed by atoms with van der Waals surface area (Å²) in [6.07, 6.45) is 0.122. The Labute approximate surface area is 175 Å². The first-order valence-electron chi connectivity index (χ1n) is 8.57. The Kier molecular flexibility index (Phi) is 4.78. The average molecular weight is 459 g/mol. The number of halogens is 4. The zero-order valence-corrected chi connectivity index (χ0v) is 17.2. The predicted molar refractivity (Wildman–Crippen MR) is 106 cm³/mol. The Hall–Kier alpha value is -2.65. The summed E-state index contributed by atoms with van der Waals surface area (Å²) in [4.78, 5) is 0. The second kappa shape index (κ2) is 6.95. The first-order valence-corrected chi connectivity index (χ1v) is 10.4. The van der Waals surface area contributed by atoms with Gasteiger partial charge >= 0.3 is 15.6 Å². The van der Waals surface area contributed by atoms with Crippen LogP contribution in [-0.4, -0.2) is 28.1 Å². The van der Waals surface area contributed by atoms with Crippen molar-refractivity contribution in [1.82, 2.24) is 0 Å². The van der Waals surface area contributed by atoms with Gasteiger partial charge in [-0.3, -0.25) is 0 Å². The van der Waals surface area contributed by atoms with Crippen LogP contribution in [0.3, 0.4) is 0 Å². The molecule has 4 rings (SSSR count). The van der Waals surface area contributed by atoms with Crippen LogP contribution in [-0.2, 0) is 16.5 Å². The van der Waals surface area contributed by atoms with Gasteiger partial charge in [-0.25, -0.2) is 0 Å². The molecule has 0 amide bonds. The van der Waals surface area contributed by atoms with E-state index in [0.29, 0.717) is 28.0 Å². The van der Waals surface area contributed by atoms with Gasteiger partial charge in [0.25, 0.3) is 0 Å². The minimum absolute atomic E-state index is 0.102. The number of rotatable bonds is 4. The standard InChI is InChI=1S/C20H14ClF3O5S/c1-27-11-3-5-13-10(7-11)8-16-17(13)18(21)14-6-4-12(28-2)9-15(14)19(16)29-30(25,26)20(22,23)24/h3-7,9H,8H2,1-2H3. The van der Waals surface area contributed by atoms with Crippen molar-refractivity contribution >= 4 is 32.5 Å². The molecule has 0 radical (unpaired) electrons. The smallest absolute Gasteiger partial charge is 0.497 e. The molecule has 0 saturated carbocycles. The fourth-order valence-corrected chi connectivity index (χ4v) is 4.44. The van der Waals surface area contributed by atoms with E-state index in [1.165, 1.54) is 20.3 Å². The highest BCUT2D eigenvalue weighted by Gasteiger charge is 2.49. The van der Waals surface area contributed by atoms with Crippen LogP contribution in [0.15, 0.2) is 36.4 Å². The molecule has 5 nitrogen and oxygen atoms in total. The third-order valence-electron chi connectivity index (χ3n) is 4.93. The Balaban J connectivity index is 2.05. The Morgan fingerprint density at radius 2 is 1.60 bits per heavy atom. The summed E-state index contributed by atoms with van der Waals surface area (Å²) in [5.74, 6) is 0.440. The van der Waals surface area contributed by atoms with Crippen LogP contribution in [0.1, 0.15) is 11.1 Å². The van der Waals surface area contributed by atoms with Gasteiger partial charge in [0.15, 0.2) is 5.75 Å². The second-order valence-corrected chi connectivity index (χ2v) is 8.51. The van der Waals surface area contributed by atoms with E-state index in [1.54, 1.807) is 30.3 Å². The van der Waals surface area contributed by atoms with E-state index in [1.807, 2.05) is 0 Å². The number of hydrogen-bond donors (Lipinski definition) is 0. The summed E-state index contributed by atoms with van der Waals surface area (Å²) in [7, 11) is -3.04. The Morgan fingerprint density at radius 1 is 0.967 bits per heavy atom. The minimum Gasteiger partial charge on any atom is -0.497 e. The molecular weight excluding hydrogens is 445 g/mol. The fraction of sp³-hybridized carbons (Fsp3) is 0.200. The van der Waals surface area contributed by atoms with E-state index < -0.39 is 21.4 Å². The topological polar surface area (TPSA) is 61.8 Å². The van der Waals surface area contributed by atoms with Crippen molar-refractivity contribution in [2.75, 3.05) is 14.2 Å². The summed E-state index contributed by atoms with van der Waals surface area (Å²) in [6.45, 7) is 0. The number of ether oxygens (including phenoxy) is 2. The van der Waals surface area contributed by atoms with Crippen molar-refractivity contribution < 1.29 is 35.2 Å². The molecule has 0 aliphatic heterocycles. The van der Waals surface area contributed by atoms with Gasteiger partial charge in [-0.1, -0.05) is 17.7 Å². The Morgan fingerprint density at radius 3 is 2.23 bits per heavy atom. The highest BCUT2D eigenvalue weighted by Crippen LogP contribution is 2.51. The molecule has 0 heterocycles. The molecule has 10 heteroatoms. The van der Waals surface area contributed by atoms with Gasteiger partial charge in [0, 0.05) is 28.3 Å². The summed E-state index contributed by atoms with van der Waals surface area (Å²) < 4.78 is 77.9. The Bertz CT molecular complexity index is 1290. The van der Waals surface area contributed by atoms with Crippen molar-refractivity contribution in [3.05, 3.63) is 52.5 Å². The zero-order chi connectivity index (χ0) is 21.8. The van der Waals surface area contributed by atoms with Crippen LogP contribution in [0, 0.1) is 0 Å². The predicted octanol–water partition coefficient (Wildman–Crippen LogP) is 5.31. The lowest BCUT2D eigenvalue weighted by Crippen LogP contribution is -2.28. The van der Waals surface area contributed by atoms with E-state index in [4.69, 9.17) is 21.1 Å². The number of hydrogen-bond acceptors (Lipinski definition) is 5. The van der Waals surface area contributed by atoms with Crippen molar-refractivity contribution in [2.45, 2.75) is 11.9 Å². The van der Waals surface area contributed by atoms with Gasteiger partial charge < -0.3 is 13.7 Å². The van der Waals surface area contributed by atoms with Crippen LogP contribution in [0.5, 0.6) is 17.2 Å². The van der Waals surface area contributed by atoms with E-state index >= 15 is 0 Å². The molecule has 30 heavy (non-hydrogen) atoms. The molecule has 0 unspecified atom stereocenters. The monoisotopic (exact) mass is 458 g/mol. The van der Waals surface area contributed by atoms with Crippen LogP contribution in [0.2, 0.25) is 5.02 Å². The highest BCUT2D eigenvalue weighted by molar-refractivity contribution is 7.88. The minimum atomic E-state index is -5.90. The van der Waals surface area contributed by atoms with Crippen molar-refractivity contribution in [2.24, 2.45) is 0 Å². The average Bonchev–Trinajstić information content (AvgIpc) is 3.08. The van der Waals surface area contributed by atoms with Crippen LogP contribution in [0.4, 0.5) is 13.2 Å². The van der Waals surface area contributed by atoms with E-state index in [0.717, 1.165) is 5.56 Å². The zero-order valence-electron chi connectivity index (χ0n) is 15.6. The third-order valence-corrected chi connectivity index (χ3v) is 6.27. The third kappa shape index (κ3) is 3.13. The van der Waals surface area contributed by atoms with E-state index in [2.05, 4.69) is 4.18 Å². The molecule has 0 saturated heterocycles. The van der Waals surface area contributed by atoms with Gasteiger partial charge in [-0.05, 0) is 41.5 Å². The normalized spacial score (nSPS) is 13.1. The maximum Gasteiger partial charge on any atom is 0.534 e. The molecule has 158 valence electrons. The van der Waals surface area contributed by atoms with Gasteiger partial charge in [-0.2, -0.15) is 21.6 Å². The van der Waals surface area contributed by atoms with Crippen LogP contribution >= 0.6 is 11.6 Å². The molecule has 3 aromatic carbocycles. The van der Waals surface area contributed by atoms with Crippen molar-refractivity contribution in [3.63, 3.8) is 0 Å². The lowest BCUT2D eigenvalue weighted by molar-refractivity contribution is -0.0499. The molecule has 0 N–H and O–H groups in total. The lowest BCUT2D eigenvalue weighted by atomic mass is 9.98. The van der Waals surface area contributed by atoms with Crippen LogP contribution < -0.4 is 13.7 Å². The maximum atomic E-state index is 13.1. The number of alkyl halides is 3. The molecule has 1 aliphatic carbocycles. The summed E-state index contributed by atoms with van der Waals surface area (Å²) in [6, 6.07) is 9.65. The van der Waals surface area contributed by atoms with Gasteiger partial charge in [-0.15, -0.1) is 0 Å². The molecule has 0 fully saturated rings. The van der Waals surface area contributed by atoms with Crippen molar-refractivity contribution in [3.8, 4) is 28.4 Å². The van der Waals surface area contributed by atoms with E-state index in [9.17, 15) is 21.6 Å². The first-order chi connectivity index (χ1) is 14.1. The van der Waals surface area contributed by atoms with Gasteiger partial charge in [0.05, 0.1) is 19.2 Å². The van der Waals surface area contributed by atoms with Crippen molar-refractivity contribution in [1.29, 1.82) is 0 Å². The number of methoxy groups -OCH3 is 2. The molecule has 0 bridgehead atoms. The van der Waals surface area contributed by atoms with Gasteiger partial charge in [0.1, 0.15) is 11.5 Å². The molecule has 3 aromatic rings.